The van der Waals surface area contributed by atoms with Gasteiger partial charge in [0.1, 0.15) is 6.04 Å². The molecule has 168 valence electrons. The van der Waals surface area contributed by atoms with Gasteiger partial charge in [-0.2, -0.15) is 0 Å². The minimum atomic E-state index is -3.65. The van der Waals surface area contributed by atoms with Gasteiger partial charge in [0, 0.05) is 31.9 Å². The summed E-state index contributed by atoms with van der Waals surface area (Å²) in [5.74, 6) is -0.658. The van der Waals surface area contributed by atoms with Crippen LogP contribution in [-0.2, 0) is 19.6 Å². The molecule has 0 bridgehead atoms. The number of likely N-dealkylation sites (N-methyl/N-ethyl adjacent to an activating group) is 2. The summed E-state index contributed by atoms with van der Waals surface area (Å²) in [7, 11) is 2.43. The van der Waals surface area contributed by atoms with Crippen LogP contribution in [0.5, 0.6) is 0 Å². The number of carbonyl (C=O) groups excluding carboxylic acids is 2. The molecular formula is C21H27ClN4O4S. The molecule has 8 nitrogen and oxygen atoms in total. The first-order valence-electron chi connectivity index (χ1n) is 9.47. The molecule has 0 aliphatic heterocycles. The van der Waals surface area contributed by atoms with Crippen molar-refractivity contribution < 1.29 is 18.0 Å². The second-order valence-electron chi connectivity index (χ2n) is 7.30. The van der Waals surface area contributed by atoms with E-state index in [1.807, 2.05) is 0 Å². The standard InChI is InChI=1S/C21H27ClN4O4S/c1-14-6-11-17(12-18(14)31(29,30)25(3)4)24-19(27)13-26(5)20(21(28)23-2)15-7-9-16(22)10-8-15/h6-12,20H,13H2,1-5H3,(H,23,28)(H,24,27)/t20-/m0/s1. The molecule has 10 heteroatoms. The fraction of sp³-hybridized carbons (Fsp3) is 0.333. The summed E-state index contributed by atoms with van der Waals surface area (Å²) < 4.78 is 26.1. The Kier molecular flexibility index (Phi) is 8.19. The summed E-state index contributed by atoms with van der Waals surface area (Å²) in [6.45, 7) is 1.60. The SMILES string of the molecule is CNC(=O)[C@H](c1ccc(Cl)cc1)N(C)CC(=O)Nc1ccc(C)c(S(=O)(=O)N(C)C)c1. The Hall–Kier alpha value is -2.46. The van der Waals surface area contributed by atoms with Gasteiger partial charge < -0.3 is 10.6 Å². The van der Waals surface area contributed by atoms with Crippen molar-refractivity contribution in [2.24, 2.45) is 0 Å². The first-order valence-corrected chi connectivity index (χ1v) is 11.3. The average Bonchev–Trinajstić information content (AvgIpc) is 2.70. The smallest absolute Gasteiger partial charge is 0.242 e. The number of rotatable bonds is 8. The maximum atomic E-state index is 12.6. The molecule has 0 spiro atoms. The third-order valence-corrected chi connectivity index (χ3v) is 6.95. The Morgan fingerprint density at radius 2 is 1.68 bits per heavy atom. The van der Waals surface area contributed by atoms with E-state index < -0.39 is 16.1 Å². The van der Waals surface area contributed by atoms with Crippen LogP contribution in [0.4, 0.5) is 5.69 Å². The average molecular weight is 467 g/mol. The van der Waals surface area contributed by atoms with E-state index in [1.54, 1.807) is 55.3 Å². The monoisotopic (exact) mass is 466 g/mol. The van der Waals surface area contributed by atoms with Gasteiger partial charge in [0.2, 0.25) is 21.8 Å². The number of halogens is 1. The van der Waals surface area contributed by atoms with E-state index >= 15 is 0 Å². The lowest BCUT2D eigenvalue weighted by molar-refractivity contribution is -0.126. The third kappa shape index (κ3) is 6.04. The van der Waals surface area contributed by atoms with E-state index in [2.05, 4.69) is 10.6 Å². The molecule has 2 N–H and O–H groups in total. The Morgan fingerprint density at radius 3 is 2.23 bits per heavy atom. The number of sulfonamides is 1. The fourth-order valence-electron chi connectivity index (χ4n) is 3.06. The summed E-state index contributed by atoms with van der Waals surface area (Å²) in [5.41, 5.74) is 1.62. The van der Waals surface area contributed by atoms with Crippen molar-refractivity contribution in [3.8, 4) is 0 Å². The highest BCUT2D eigenvalue weighted by Crippen LogP contribution is 2.24. The second kappa shape index (κ2) is 10.2. The number of hydrogen-bond acceptors (Lipinski definition) is 5. The lowest BCUT2D eigenvalue weighted by atomic mass is 10.0. The van der Waals surface area contributed by atoms with E-state index in [4.69, 9.17) is 11.6 Å². The van der Waals surface area contributed by atoms with Crippen molar-refractivity contribution in [2.45, 2.75) is 17.9 Å². The molecule has 0 aliphatic carbocycles. The predicted octanol–water partition coefficient (Wildman–Crippen LogP) is 2.26. The lowest BCUT2D eigenvalue weighted by Gasteiger charge is -2.26. The molecule has 2 amide bonds. The van der Waals surface area contributed by atoms with Gasteiger partial charge in [0.05, 0.1) is 11.4 Å². The van der Waals surface area contributed by atoms with Crippen LogP contribution in [0, 0.1) is 6.92 Å². The fourth-order valence-corrected chi connectivity index (χ4v) is 4.33. The Bertz CT molecular complexity index is 1060. The van der Waals surface area contributed by atoms with Crippen molar-refractivity contribution in [3.63, 3.8) is 0 Å². The van der Waals surface area contributed by atoms with Crippen LogP contribution in [0.3, 0.4) is 0 Å². The number of benzene rings is 2. The van der Waals surface area contributed by atoms with Crippen LogP contribution >= 0.6 is 11.6 Å². The lowest BCUT2D eigenvalue weighted by Crippen LogP contribution is -2.40. The number of amides is 2. The van der Waals surface area contributed by atoms with E-state index in [9.17, 15) is 18.0 Å². The van der Waals surface area contributed by atoms with Crippen LogP contribution in [-0.4, -0.2) is 64.2 Å². The quantitative estimate of drug-likeness (QED) is 0.621. The number of carbonyl (C=O) groups is 2. The third-order valence-electron chi connectivity index (χ3n) is 4.74. The Labute approximate surface area is 188 Å². The van der Waals surface area contributed by atoms with Crippen molar-refractivity contribution in [2.75, 3.05) is 40.1 Å². The summed E-state index contributed by atoms with van der Waals surface area (Å²) in [6, 6.07) is 10.8. The van der Waals surface area contributed by atoms with Crippen LogP contribution < -0.4 is 10.6 Å². The topological polar surface area (TPSA) is 98.8 Å². The molecule has 0 heterocycles. The van der Waals surface area contributed by atoms with Crippen LogP contribution in [0.1, 0.15) is 17.2 Å². The highest BCUT2D eigenvalue weighted by Gasteiger charge is 2.26. The van der Waals surface area contributed by atoms with E-state index in [1.165, 1.54) is 27.2 Å². The number of anilines is 1. The summed E-state index contributed by atoms with van der Waals surface area (Å²) in [6.07, 6.45) is 0. The molecule has 0 saturated heterocycles. The summed E-state index contributed by atoms with van der Waals surface area (Å²) >= 11 is 5.94. The molecule has 2 rings (SSSR count). The summed E-state index contributed by atoms with van der Waals surface area (Å²) in [4.78, 5) is 26.8. The molecule has 0 fully saturated rings. The van der Waals surface area contributed by atoms with Gasteiger partial charge in [-0.25, -0.2) is 12.7 Å². The van der Waals surface area contributed by atoms with Gasteiger partial charge >= 0.3 is 0 Å². The number of nitrogens with one attached hydrogen (secondary N) is 2. The van der Waals surface area contributed by atoms with E-state index in [0.29, 0.717) is 21.8 Å². The van der Waals surface area contributed by atoms with Crippen molar-refractivity contribution in [1.29, 1.82) is 0 Å². The maximum absolute atomic E-state index is 12.6. The molecule has 1 atom stereocenters. The van der Waals surface area contributed by atoms with Gasteiger partial charge in [-0.05, 0) is 49.4 Å². The molecule has 0 aromatic heterocycles. The Morgan fingerprint density at radius 1 is 1.06 bits per heavy atom. The van der Waals surface area contributed by atoms with Gasteiger partial charge in [-0.15, -0.1) is 0 Å². The largest absolute Gasteiger partial charge is 0.358 e. The van der Waals surface area contributed by atoms with Crippen molar-refractivity contribution >= 4 is 39.1 Å². The highest BCUT2D eigenvalue weighted by atomic mass is 35.5. The predicted molar refractivity (Wildman–Crippen MR) is 122 cm³/mol. The zero-order valence-electron chi connectivity index (χ0n) is 18.1. The van der Waals surface area contributed by atoms with Crippen molar-refractivity contribution in [1.82, 2.24) is 14.5 Å². The van der Waals surface area contributed by atoms with Gasteiger partial charge in [-0.1, -0.05) is 29.8 Å². The van der Waals surface area contributed by atoms with Crippen LogP contribution in [0.2, 0.25) is 5.02 Å². The van der Waals surface area contributed by atoms with Gasteiger partial charge in [-0.3, -0.25) is 14.5 Å². The molecule has 0 saturated carbocycles. The number of nitrogens with zero attached hydrogens (tertiary/aromatic N) is 2. The minimum Gasteiger partial charge on any atom is -0.358 e. The molecule has 31 heavy (non-hydrogen) atoms. The number of aryl methyl sites for hydroxylation is 1. The van der Waals surface area contributed by atoms with Crippen molar-refractivity contribution in [3.05, 3.63) is 58.6 Å². The zero-order chi connectivity index (χ0) is 23.3. The maximum Gasteiger partial charge on any atom is 0.242 e. The van der Waals surface area contributed by atoms with Crippen LogP contribution in [0.15, 0.2) is 47.4 Å². The van der Waals surface area contributed by atoms with Gasteiger partial charge in [0.25, 0.3) is 0 Å². The van der Waals surface area contributed by atoms with Crippen LogP contribution in [0.25, 0.3) is 0 Å². The second-order valence-corrected chi connectivity index (χ2v) is 9.86. The first-order chi connectivity index (χ1) is 14.5. The Balaban J connectivity index is 2.20. The molecule has 0 aliphatic rings. The van der Waals surface area contributed by atoms with E-state index in [0.717, 1.165) is 4.31 Å². The van der Waals surface area contributed by atoms with E-state index in [-0.39, 0.29) is 23.3 Å². The zero-order valence-corrected chi connectivity index (χ0v) is 19.7. The molecule has 0 radical (unpaired) electrons. The highest BCUT2D eigenvalue weighted by molar-refractivity contribution is 7.89. The normalized spacial score (nSPS) is 12.6. The molecule has 2 aromatic carbocycles. The molecule has 2 aromatic rings. The first kappa shape index (κ1) is 24.8. The number of hydrogen-bond donors (Lipinski definition) is 2. The molecule has 0 unspecified atom stereocenters. The minimum absolute atomic E-state index is 0.0929. The summed E-state index contributed by atoms with van der Waals surface area (Å²) in [5, 5.41) is 5.86. The van der Waals surface area contributed by atoms with Gasteiger partial charge in [0.15, 0.2) is 0 Å². The molecular weight excluding hydrogens is 440 g/mol.